The fraction of sp³-hybridized carbons (Fsp3) is 0.132. The van der Waals surface area contributed by atoms with E-state index < -0.39 is 11.7 Å². The van der Waals surface area contributed by atoms with Gasteiger partial charge in [-0.2, -0.15) is 13.2 Å². The van der Waals surface area contributed by atoms with Gasteiger partial charge in [-0.1, -0.05) is 72.8 Å². The number of aromatic nitrogens is 3. The minimum Gasteiger partial charge on any atom is -0.455 e. The van der Waals surface area contributed by atoms with Gasteiger partial charge in [0.2, 0.25) is 0 Å². The van der Waals surface area contributed by atoms with Crippen LogP contribution >= 0.6 is 48.6 Å². The number of nitrogens with one attached hydrogen (secondary N) is 3. The van der Waals surface area contributed by atoms with Gasteiger partial charge >= 0.3 is 6.18 Å². The molecule has 6 aromatic carbocycles. The van der Waals surface area contributed by atoms with E-state index in [9.17, 15) is 13.2 Å². The molecule has 0 saturated carbocycles. The summed E-state index contributed by atoms with van der Waals surface area (Å²) in [5, 5.41) is 7.95. The van der Waals surface area contributed by atoms with Crippen molar-refractivity contribution in [1.82, 2.24) is 15.0 Å². The average Bonchev–Trinajstić information content (AvgIpc) is 4.18. The van der Waals surface area contributed by atoms with Crippen LogP contribution in [-0.2, 0) is 25.4 Å². The van der Waals surface area contributed by atoms with Crippen molar-refractivity contribution < 1.29 is 17.6 Å². The molecule has 14 heteroatoms. The molecule has 0 unspecified atom stereocenters. The number of alkyl halides is 3. The second-order valence-electron chi connectivity index (χ2n) is 15.7. The summed E-state index contributed by atoms with van der Waals surface area (Å²) in [6.07, 6.45) is 4.21. The smallest absolute Gasteiger partial charge is 0.416 e. The highest BCUT2D eigenvalue weighted by atomic mass is 35.5. The number of fused-ring (bicyclic) bond motifs is 6. The van der Waals surface area contributed by atoms with E-state index >= 15 is 0 Å². The normalized spacial score (nSPS) is 11.1. The molecule has 5 heterocycles. The minimum atomic E-state index is -4.33. The van der Waals surface area contributed by atoms with Gasteiger partial charge in [-0.3, -0.25) is 0 Å². The predicted molar refractivity (Wildman–Crippen MR) is 281 cm³/mol. The molecule has 0 amide bonds. The second kappa shape index (κ2) is 22.2. The van der Waals surface area contributed by atoms with Gasteiger partial charge < -0.3 is 36.6 Å². The van der Waals surface area contributed by atoms with E-state index in [-0.39, 0.29) is 37.2 Å². The topological polar surface area (TPSA) is 139 Å². The van der Waals surface area contributed by atoms with E-state index in [4.69, 9.17) is 21.6 Å². The molecular formula is C53H50Cl3F3N6OS. The van der Waals surface area contributed by atoms with E-state index in [0.717, 1.165) is 85.9 Å². The number of benzene rings is 6. The molecule has 0 aliphatic carbocycles. The Hall–Kier alpha value is -6.02. The molecule has 0 spiro atoms. The zero-order chi connectivity index (χ0) is 44.2. The molecule has 0 radical (unpaired) electrons. The van der Waals surface area contributed by atoms with Crippen molar-refractivity contribution in [2.45, 2.75) is 25.4 Å². The average molecular weight is 982 g/mol. The fourth-order valence-electron chi connectivity index (χ4n) is 8.42. The highest BCUT2D eigenvalue weighted by Gasteiger charge is 2.30. The molecule has 7 nitrogen and oxygen atoms in total. The van der Waals surface area contributed by atoms with Crippen molar-refractivity contribution in [3.05, 3.63) is 180 Å². The Kier molecular flexibility index (Phi) is 16.7. The van der Waals surface area contributed by atoms with Crippen molar-refractivity contribution in [2.24, 2.45) is 17.2 Å². The van der Waals surface area contributed by atoms with Crippen LogP contribution in [-0.4, -0.2) is 34.6 Å². The van der Waals surface area contributed by atoms with Crippen LogP contribution in [0, 0.1) is 0 Å². The van der Waals surface area contributed by atoms with Gasteiger partial charge in [0.1, 0.15) is 11.2 Å². The first-order valence-electron chi connectivity index (χ1n) is 21.2. The molecule has 5 aromatic heterocycles. The second-order valence-corrected chi connectivity index (χ2v) is 16.6. The third kappa shape index (κ3) is 10.7. The lowest BCUT2D eigenvalue weighted by Gasteiger charge is -2.09. The number of nitrogens with two attached hydrogens (primary N) is 3. The summed E-state index contributed by atoms with van der Waals surface area (Å²) < 4.78 is 44.7. The summed E-state index contributed by atoms with van der Waals surface area (Å²) in [5.41, 5.74) is 30.0. The van der Waals surface area contributed by atoms with Crippen molar-refractivity contribution in [1.29, 1.82) is 0 Å². The van der Waals surface area contributed by atoms with Gasteiger partial charge in [0.15, 0.2) is 0 Å². The van der Waals surface area contributed by atoms with E-state index in [1.807, 2.05) is 36.5 Å². The maximum Gasteiger partial charge on any atom is 0.416 e. The third-order valence-electron chi connectivity index (χ3n) is 11.6. The van der Waals surface area contributed by atoms with Crippen LogP contribution < -0.4 is 17.2 Å². The van der Waals surface area contributed by atoms with Gasteiger partial charge in [0, 0.05) is 72.5 Å². The number of aromatic amines is 3. The van der Waals surface area contributed by atoms with E-state index in [1.54, 1.807) is 17.4 Å². The molecule has 0 fully saturated rings. The molecule has 0 bridgehead atoms. The quantitative estimate of drug-likeness (QED) is 0.0857. The molecule has 67 heavy (non-hydrogen) atoms. The Morgan fingerprint density at radius 3 is 1.55 bits per heavy atom. The maximum absolute atomic E-state index is 12.8. The number of H-pyrrole nitrogens is 3. The highest BCUT2D eigenvalue weighted by molar-refractivity contribution is 7.13. The van der Waals surface area contributed by atoms with Gasteiger partial charge in [0.25, 0.3) is 0 Å². The summed E-state index contributed by atoms with van der Waals surface area (Å²) in [6.45, 7) is 1.87. The number of para-hydroxylation sites is 2. The lowest BCUT2D eigenvalue weighted by molar-refractivity contribution is -0.137. The Morgan fingerprint density at radius 2 is 0.985 bits per heavy atom. The molecular weight excluding hydrogens is 932 g/mol. The molecule has 0 saturated heterocycles. The van der Waals surface area contributed by atoms with Crippen LogP contribution in [0.2, 0.25) is 0 Å². The van der Waals surface area contributed by atoms with Crippen LogP contribution in [0.25, 0.3) is 87.3 Å². The van der Waals surface area contributed by atoms with Crippen LogP contribution in [0.4, 0.5) is 13.2 Å². The monoisotopic (exact) mass is 980 g/mol. The van der Waals surface area contributed by atoms with Crippen LogP contribution in [0.5, 0.6) is 0 Å². The van der Waals surface area contributed by atoms with E-state index in [0.29, 0.717) is 25.2 Å². The molecule has 0 atom stereocenters. The SMILES string of the molecule is Cl.Cl.Cl.NCCc1c[nH]c2ccc(-c3cccc(C(F)(F)F)c3)cc12.NCCc1c[nH]c2ccc(-c3cccc4c3oc3ccccc34)cc12.NCCc1c[nH]c2ccc(-c3cccs3)cc12. The van der Waals surface area contributed by atoms with Crippen molar-refractivity contribution >= 4 is 103 Å². The molecule has 346 valence electrons. The lowest BCUT2D eigenvalue weighted by atomic mass is 9.99. The zero-order valence-electron chi connectivity index (χ0n) is 36.2. The van der Waals surface area contributed by atoms with E-state index in [2.05, 4.69) is 112 Å². The highest BCUT2D eigenvalue weighted by Crippen LogP contribution is 2.38. The van der Waals surface area contributed by atoms with Gasteiger partial charge in [-0.15, -0.1) is 48.6 Å². The van der Waals surface area contributed by atoms with Crippen molar-refractivity contribution in [3.63, 3.8) is 0 Å². The predicted octanol–water partition coefficient (Wildman–Crippen LogP) is 14.3. The molecule has 0 aliphatic rings. The zero-order valence-corrected chi connectivity index (χ0v) is 39.4. The number of thiophene rings is 1. The first-order chi connectivity index (χ1) is 31.2. The first kappa shape index (κ1) is 50.4. The lowest BCUT2D eigenvalue weighted by Crippen LogP contribution is -2.04. The van der Waals surface area contributed by atoms with Crippen molar-refractivity contribution in [2.75, 3.05) is 19.6 Å². The Bertz CT molecular complexity index is 3350. The minimum absolute atomic E-state index is 0. The van der Waals surface area contributed by atoms with Gasteiger partial charge in [-0.25, -0.2) is 0 Å². The van der Waals surface area contributed by atoms with Crippen molar-refractivity contribution in [3.8, 4) is 32.7 Å². The third-order valence-corrected chi connectivity index (χ3v) is 12.5. The van der Waals surface area contributed by atoms with Crippen LogP contribution in [0.3, 0.4) is 0 Å². The Balaban J connectivity index is 0.000000165. The summed E-state index contributed by atoms with van der Waals surface area (Å²) in [5.74, 6) is 0. The number of furan rings is 1. The largest absolute Gasteiger partial charge is 0.455 e. The van der Waals surface area contributed by atoms with Crippen LogP contribution in [0.15, 0.2) is 162 Å². The maximum atomic E-state index is 12.8. The number of halogens is 6. The Labute approximate surface area is 408 Å². The van der Waals surface area contributed by atoms with Gasteiger partial charge in [-0.05, 0) is 144 Å². The summed E-state index contributed by atoms with van der Waals surface area (Å²) >= 11 is 1.77. The van der Waals surface area contributed by atoms with Crippen LogP contribution in [0.1, 0.15) is 22.3 Å². The standard InChI is InChI=1S/C22H18N2O.C17H15F3N2.C14H14N2S.3ClH/c23-11-10-15-13-24-20-9-8-14(12-19(15)20)16-5-3-6-18-17-4-1-2-7-21(17)25-22(16)18;18-17(19,20)14-3-1-2-11(8-14)12-4-5-16-15(9-12)13(6-7-21)10-22-16;15-6-5-11-9-16-13-4-3-10(8-12(11)13)14-2-1-7-17-14;;;/h1-9,12-13,24H,10-11,23H2;1-5,8-10,22H,6-7,21H2;1-4,7-9,16H,5-6,15H2;3*1H. The summed E-state index contributed by atoms with van der Waals surface area (Å²) in [4.78, 5) is 11.1. The molecule has 11 aromatic rings. The molecule has 11 rings (SSSR count). The summed E-state index contributed by atoms with van der Waals surface area (Å²) in [6, 6.07) is 42.8. The number of hydrogen-bond acceptors (Lipinski definition) is 5. The number of rotatable bonds is 9. The molecule has 9 N–H and O–H groups in total. The molecule has 0 aliphatic heterocycles. The first-order valence-corrected chi connectivity index (χ1v) is 22.1. The summed E-state index contributed by atoms with van der Waals surface area (Å²) in [7, 11) is 0. The number of hydrogen-bond donors (Lipinski definition) is 6. The Morgan fingerprint density at radius 1 is 0.478 bits per heavy atom. The fourth-order valence-corrected chi connectivity index (χ4v) is 9.14. The van der Waals surface area contributed by atoms with E-state index in [1.165, 1.54) is 50.0 Å². The van der Waals surface area contributed by atoms with Gasteiger partial charge in [0.05, 0.1) is 5.56 Å².